The molecule has 0 saturated carbocycles. The monoisotopic (exact) mass is 536 g/mol. The molecular weight excluding hydrogens is 520 g/mol. The van der Waals surface area contributed by atoms with Crippen molar-refractivity contribution in [2.45, 2.75) is 8.45 Å². The quantitative estimate of drug-likeness (QED) is 0.329. The van der Waals surface area contributed by atoms with Crippen LogP contribution in [0, 0.1) is 0 Å². The molecule has 0 saturated heterocycles. The van der Waals surface area contributed by atoms with Crippen LogP contribution in [0.15, 0.2) is 97.1 Å². The molecule has 2 aliphatic rings. The van der Waals surface area contributed by atoms with Gasteiger partial charge in [-0.2, -0.15) is 0 Å². The molecule has 0 aromatic heterocycles. The van der Waals surface area contributed by atoms with E-state index in [0.29, 0.717) is 8.45 Å². The number of fused-ring (bicyclic) bond motifs is 6. The number of hydrogen-bond donors (Lipinski definition) is 0. The molecule has 4 aromatic carbocycles. The van der Waals surface area contributed by atoms with Gasteiger partial charge in [0.25, 0.3) is 0 Å². The normalized spacial score (nSPS) is 13.2. The van der Waals surface area contributed by atoms with Gasteiger partial charge in [-0.05, 0) is 0 Å². The second kappa shape index (κ2) is 8.36. The Bertz CT molecular complexity index is 1000. The van der Waals surface area contributed by atoms with Crippen LogP contribution in [0.25, 0.3) is 22.3 Å². The fourth-order valence-electron chi connectivity index (χ4n) is 4.84. The Hall–Kier alpha value is -1.45. The minimum atomic E-state index is -0.311. The van der Waals surface area contributed by atoms with Crippen molar-refractivity contribution >= 4 is 0 Å². The van der Waals surface area contributed by atoms with Gasteiger partial charge < -0.3 is 34.0 Å². The minimum absolute atomic E-state index is 0. The average Bonchev–Trinajstić information content (AvgIpc) is 3.23. The average molecular weight is 538 g/mol. The van der Waals surface area contributed by atoms with E-state index < -0.39 is 0 Å². The zero-order valence-electron chi connectivity index (χ0n) is 15.6. The number of hydrogen-bond acceptors (Lipinski definition) is 0. The first-order valence-electron chi connectivity index (χ1n) is 9.54. The molecule has 0 unspecified atom stereocenters. The molecule has 4 aromatic rings. The molecule has 0 N–H and O–H groups in total. The number of rotatable bonds is 2. The Balaban J connectivity index is 0.00000102. The Morgan fingerprint density at radius 3 is 0.897 bits per heavy atom. The first kappa shape index (κ1) is 20.8. The van der Waals surface area contributed by atoms with E-state index in [1.165, 1.54) is 22.3 Å². The topological polar surface area (TPSA) is 0 Å². The number of benzene rings is 4. The zero-order chi connectivity index (χ0) is 17.8. The molecular formula is C26H18Br2Ti. The van der Waals surface area contributed by atoms with Crippen molar-refractivity contribution in [2.24, 2.45) is 0 Å². The van der Waals surface area contributed by atoms with Crippen LogP contribution < -0.4 is 34.0 Å². The SMILES string of the molecule is [Br-].[Br-].c1ccc2c(c1)-c1ccccc1[CH]2[Ti+2][CH]1c2ccccc2-c2ccccc21. The second-order valence-corrected chi connectivity index (χ2v) is 9.71. The second-order valence-electron chi connectivity index (χ2n) is 7.38. The summed E-state index contributed by atoms with van der Waals surface area (Å²) < 4.78 is 1.17. The van der Waals surface area contributed by atoms with E-state index in [1.807, 2.05) is 0 Å². The molecule has 0 spiro atoms. The van der Waals surface area contributed by atoms with Gasteiger partial charge in [0.2, 0.25) is 0 Å². The first-order valence-corrected chi connectivity index (χ1v) is 11.3. The molecule has 29 heavy (non-hydrogen) atoms. The van der Waals surface area contributed by atoms with Crippen LogP contribution >= 0.6 is 0 Å². The summed E-state index contributed by atoms with van der Waals surface area (Å²) in [6.45, 7) is 0. The van der Waals surface area contributed by atoms with Crippen LogP contribution in [0.5, 0.6) is 0 Å². The Kier molecular flexibility index (Phi) is 6.00. The standard InChI is InChI=1S/2C13H9.2BrH.Ti/c2*1-3-7-12-10(5-1)9-11-6-2-4-8-13(11)12;;;/h2*1-9H;2*1H;/q;;;;+2/p-2. The summed E-state index contributed by atoms with van der Waals surface area (Å²) in [5.41, 5.74) is 12.0. The van der Waals surface area contributed by atoms with Crippen LogP contribution in [-0.2, 0) is 19.2 Å². The van der Waals surface area contributed by atoms with Gasteiger partial charge in [0.05, 0.1) is 0 Å². The summed E-state index contributed by atoms with van der Waals surface area (Å²) in [7, 11) is 0. The predicted octanol–water partition coefficient (Wildman–Crippen LogP) is 0.617. The molecule has 0 amide bonds. The molecule has 0 heterocycles. The molecule has 6 rings (SSSR count). The summed E-state index contributed by atoms with van der Waals surface area (Å²) in [6.07, 6.45) is 0. The Morgan fingerprint density at radius 2 is 0.621 bits per heavy atom. The summed E-state index contributed by atoms with van der Waals surface area (Å²) in [5.74, 6) is 0. The molecule has 0 aliphatic heterocycles. The number of halogens is 2. The third kappa shape index (κ3) is 3.22. The zero-order valence-corrected chi connectivity index (χ0v) is 20.4. The molecule has 2 aliphatic carbocycles. The van der Waals surface area contributed by atoms with Gasteiger partial charge in [0, 0.05) is 0 Å². The van der Waals surface area contributed by atoms with Crippen molar-refractivity contribution in [3.63, 3.8) is 0 Å². The molecule has 0 fully saturated rings. The van der Waals surface area contributed by atoms with Gasteiger partial charge in [0.1, 0.15) is 0 Å². The van der Waals surface area contributed by atoms with Gasteiger partial charge in [-0.1, -0.05) is 0 Å². The third-order valence-corrected chi connectivity index (χ3v) is 8.98. The van der Waals surface area contributed by atoms with Gasteiger partial charge in [-0.15, -0.1) is 0 Å². The van der Waals surface area contributed by atoms with Crippen LogP contribution in [-0.4, -0.2) is 0 Å². The van der Waals surface area contributed by atoms with Crippen molar-refractivity contribution in [1.29, 1.82) is 0 Å². The van der Waals surface area contributed by atoms with Crippen molar-refractivity contribution in [3.05, 3.63) is 119 Å². The van der Waals surface area contributed by atoms with Crippen molar-refractivity contribution in [1.82, 2.24) is 0 Å². The van der Waals surface area contributed by atoms with Gasteiger partial charge in [-0.3, -0.25) is 0 Å². The fraction of sp³-hybridized carbons (Fsp3) is 0.0769. The van der Waals surface area contributed by atoms with E-state index in [1.54, 1.807) is 22.3 Å². The van der Waals surface area contributed by atoms with Gasteiger partial charge in [0.15, 0.2) is 0 Å². The van der Waals surface area contributed by atoms with Crippen LogP contribution in [0.4, 0.5) is 0 Å². The molecule has 3 heteroatoms. The van der Waals surface area contributed by atoms with Crippen molar-refractivity contribution in [3.8, 4) is 22.3 Å². The molecule has 0 radical (unpaired) electrons. The van der Waals surface area contributed by atoms with E-state index in [2.05, 4.69) is 97.1 Å². The fourth-order valence-corrected chi connectivity index (χ4v) is 8.05. The molecule has 140 valence electrons. The maximum absolute atomic E-state index is 2.36. The maximum atomic E-state index is 2.36. The summed E-state index contributed by atoms with van der Waals surface area (Å²) in [4.78, 5) is 0. The van der Waals surface area contributed by atoms with Gasteiger partial charge in [-0.25, -0.2) is 0 Å². The van der Waals surface area contributed by atoms with Crippen molar-refractivity contribution in [2.75, 3.05) is 0 Å². The summed E-state index contributed by atoms with van der Waals surface area (Å²) in [6, 6.07) is 36.2. The summed E-state index contributed by atoms with van der Waals surface area (Å²) in [5, 5.41) is 0. The van der Waals surface area contributed by atoms with Crippen LogP contribution in [0.3, 0.4) is 0 Å². The van der Waals surface area contributed by atoms with E-state index in [9.17, 15) is 0 Å². The van der Waals surface area contributed by atoms with Gasteiger partial charge >= 0.3 is 169 Å². The Morgan fingerprint density at radius 1 is 0.379 bits per heavy atom. The van der Waals surface area contributed by atoms with E-state index in [-0.39, 0.29) is 53.1 Å². The first-order chi connectivity index (χ1) is 13.4. The van der Waals surface area contributed by atoms with E-state index in [4.69, 9.17) is 0 Å². The summed E-state index contributed by atoms with van der Waals surface area (Å²) >= 11 is -0.311. The molecule has 0 bridgehead atoms. The van der Waals surface area contributed by atoms with E-state index in [0.717, 1.165) is 0 Å². The van der Waals surface area contributed by atoms with Crippen LogP contribution in [0.1, 0.15) is 30.7 Å². The van der Waals surface area contributed by atoms with Crippen LogP contribution in [0.2, 0.25) is 0 Å². The predicted molar refractivity (Wildman–Crippen MR) is 107 cm³/mol. The van der Waals surface area contributed by atoms with Crippen molar-refractivity contribution < 1.29 is 53.1 Å². The Labute approximate surface area is 201 Å². The van der Waals surface area contributed by atoms with E-state index >= 15 is 0 Å². The molecule has 0 nitrogen and oxygen atoms in total. The molecule has 0 atom stereocenters. The third-order valence-electron chi connectivity index (χ3n) is 6.00.